The minimum atomic E-state index is 0.0309. The van der Waals surface area contributed by atoms with Gasteiger partial charge in [-0.2, -0.15) is 0 Å². The Labute approximate surface area is 106 Å². The van der Waals surface area contributed by atoms with Crippen LogP contribution >= 0.6 is 0 Å². The molecule has 0 aliphatic heterocycles. The van der Waals surface area contributed by atoms with Gasteiger partial charge in [0.1, 0.15) is 5.65 Å². The van der Waals surface area contributed by atoms with Crippen LogP contribution < -0.4 is 5.32 Å². The van der Waals surface area contributed by atoms with Gasteiger partial charge in [0.2, 0.25) is 0 Å². The predicted octanol–water partition coefficient (Wildman–Crippen LogP) is 2.80. The number of pyridine rings is 1. The van der Waals surface area contributed by atoms with Gasteiger partial charge >= 0.3 is 0 Å². The average Bonchev–Trinajstić information content (AvgIpc) is 2.89. The molecule has 3 N–H and O–H groups in total. The third-order valence-corrected chi connectivity index (χ3v) is 3.79. The highest BCUT2D eigenvalue weighted by molar-refractivity contribution is 5.91. The van der Waals surface area contributed by atoms with Gasteiger partial charge in [-0.25, -0.2) is 4.98 Å². The molecule has 2 aromatic heterocycles. The van der Waals surface area contributed by atoms with E-state index in [0.29, 0.717) is 6.04 Å². The highest BCUT2D eigenvalue weighted by atomic mass is 16.3. The topological polar surface area (TPSA) is 60.9 Å². The third-order valence-electron chi connectivity index (χ3n) is 3.79. The van der Waals surface area contributed by atoms with Crippen molar-refractivity contribution < 1.29 is 5.11 Å². The van der Waals surface area contributed by atoms with Crippen LogP contribution in [-0.2, 0) is 6.61 Å². The summed E-state index contributed by atoms with van der Waals surface area (Å²) in [4.78, 5) is 7.43. The molecule has 4 nitrogen and oxygen atoms in total. The number of aromatic amines is 1. The molecular formula is C14H19N3O. The van der Waals surface area contributed by atoms with Gasteiger partial charge in [-0.05, 0) is 18.9 Å². The van der Waals surface area contributed by atoms with Crippen LogP contribution in [0, 0.1) is 0 Å². The first kappa shape index (κ1) is 11.5. The van der Waals surface area contributed by atoms with Gasteiger partial charge in [0.15, 0.2) is 0 Å². The van der Waals surface area contributed by atoms with Crippen molar-refractivity contribution in [3.63, 3.8) is 0 Å². The SMILES string of the molecule is OCc1cnc2[nH]ccc2c1NC1CCCCC1. The number of aromatic nitrogens is 2. The second-order valence-corrected chi connectivity index (χ2v) is 5.04. The number of aliphatic hydroxyl groups excluding tert-OH is 1. The zero-order chi connectivity index (χ0) is 12.4. The molecule has 0 aromatic carbocycles. The molecule has 2 aromatic rings. The van der Waals surface area contributed by atoms with Gasteiger partial charge in [-0.15, -0.1) is 0 Å². The fourth-order valence-electron chi connectivity index (χ4n) is 2.79. The van der Waals surface area contributed by atoms with Crippen molar-refractivity contribution in [1.82, 2.24) is 9.97 Å². The summed E-state index contributed by atoms with van der Waals surface area (Å²) in [5, 5.41) is 14.1. The number of aliphatic hydroxyl groups is 1. The Kier molecular flexibility index (Phi) is 3.19. The minimum absolute atomic E-state index is 0.0309. The molecule has 3 rings (SSSR count). The number of hydrogen-bond acceptors (Lipinski definition) is 3. The lowest BCUT2D eigenvalue weighted by Gasteiger charge is -2.25. The number of H-pyrrole nitrogens is 1. The molecule has 1 saturated carbocycles. The van der Waals surface area contributed by atoms with Gasteiger partial charge in [0.25, 0.3) is 0 Å². The molecule has 0 bridgehead atoms. The fraction of sp³-hybridized carbons (Fsp3) is 0.500. The number of nitrogens with zero attached hydrogens (tertiary/aromatic N) is 1. The lowest BCUT2D eigenvalue weighted by molar-refractivity contribution is 0.282. The highest BCUT2D eigenvalue weighted by Crippen LogP contribution is 2.29. The maximum atomic E-state index is 9.45. The molecule has 0 atom stereocenters. The summed E-state index contributed by atoms with van der Waals surface area (Å²) in [5.74, 6) is 0. The van der Waals surface area contributed by atoms with E-state index in [2.05, 4.69) is 15.3 Å². The normalized spacial score (nSPS) is 17.2. The van der Waals surface area contributed by atoms with Crippen molar-refractivity contribution in [2.24, 2.45) is 0 Å². The number of rotatable bonds is 3. The van der Waals surface area contributed by atoms with Crippen LogP contribution in [0.1, 0.15) is 37.7 Å². The summed E-state index contributed by atoms with van der Waals surface area (Å²) >= 11 is 0. The average molecular weight is 245 g/mol. The number of hydrogen-bond donors (Lipinski definition) is 3. The van der Waals surface area contributed by atoms with Gasteiger partial charge in [0.05, 0.1) is 12.3 Å². The van der Waals surface area contributed by atoms with Crippen molar-refractivity contribution in [3.8, 4) is 0 Å². The van der Waals surface area contributed by atoms with Gasteiger partial charge in [0, 0.05) is 29.4 Å². The monoisotopic (exact) mass is 245 g/mol. The van der Waals surface area contributed by atoms with Gasteiger partial charge in [-0.1, -0.05) is 19.3 Å². The Hall–Kier alpha value is -1.55. The maximum Gasteiger partial charge on any atom is 0.139 e. The molecule has 0 spiro atoms. The first-order valence-electron chi connectivity index (χ1n) is 6.71. The van der Waals surface area contributed by atoms with E-state index in [0.717, 1.165) is 22.3 Å². The summed E-state index contributed by atoms with van der Waals surface area (Å²) < 4.78 is 0. The molecule has 0 radical (unpaired) electrons. The molecule has 2 heterocycles. The highest BCUT2D eigenvalue weighted by Gasteiger charge is 2.16. The van der Waals surface area contributed by atoms with E-state index in [1.165, 1.54) is 32.1 Å². The van der Waals surface area contributed by atoms with Crippen LogP contribution in [-0.4, -0.2) is 21.1 Å². The second kappa shape index (κ2) is 4.98. The lowest BCUT2D eigenvalue weighted by Crippen LogP contribution is -2.23. The largest absolute Gasteiger partial charge is 0.392 e. The minimum Gasteiger partial charge on any atom is -0.392 e. The number of fused-ring (bicyclic) bond motifs is 1. The van der Waals surface area contributed by atoms with E-state index < -0.39 is 0 Å². The van der Waals surface area contributed by atoms with E-state index in [9.17, 15) is 5.11 Å². The summed E-state index contributed by atoms with van der Waals surface area (Å²) in [6.07, 6.45) is 10.0. The summed E-state index contributed by atoms with van der Waals surface area (Å²) in [6.45, 7) is 0.0309. The van der Waals surface area contributed by atoms with Gasteiger partial charge in [-0.3, -0.25) is 0 Å². The first-order valence-corrected chi connectivity index (χ1v) is 6.71. The number of anilines is 1. The molecule has 4 heteroatoms. The molecule has 0 amide bonds. The molecule has 0 unspecified atom stereocenters. The smallest absolute Gasteiger partial charge is 0.139 e. The summed E-state index contributed by atoms with van der Waals surface area (Å²) in [6, 6.07) is 2.55. The lowest BCUT2D eigenvalue weighted by atomic mass is 9.95. The molecule has 0 saturated heterocycles. The Balaban J connectivity index is 1.94. The Bertz CT molecular complexity index is 529. The predicted molar refractivity (Wildman–Crippen MR) is 72.5 cm³/mol. The zero-order valence-electron chi connectivity index (χ0n) is 10.4. The maximum absolute atomic E-state index is 9.45. The van der Waals surface area contributed by atoms with E-state index in [1.54, 1.807) is 6.20 Å². The van der Waals surface area contributed by atoms with Crippen molar-refractivity contribution in [1.29, 1.82) is 0 Å². The van der Waals surface area contributed by atoms with Crippen LogP contribution in [0.3, 0.4) is 0 Å². The van der Waals surface area contributed by atoms with Crippen LogP contribution in [0.15, 0.2) is 18.5 Å². The zero-order valence-corrected chi connectivity index (χ0v) is 10.4. The standard InChI is InChI=1S/C14H19N3O/c18-9-10-8-16-14-12(6-7-15-14)13(10)17-11-4-2-1-3-5-11/h6-8,11,18H,1-5,9H2,(H2,15,16,17). The van der Waals surface area contributed by atoms with Crippen LogP contribution in [0.5, 0.6) is 0 Å². The quantitative estimate of drug-likeness (QED) is 0.779. The Morgan fingerprint density at radius 2 is 2.17 bits per heavy atom. The first-order chi connectivity index (χ1) is 8.88. The van der Waals surface area contributed by atoms with Crippen LogP contribution in [0.25, 0.3) is 11.0 Å². The van der Waals surface area contributed by atoms with E-state index in [4.69, 9.17) is 0 Å². The Morgan fingerprint density at radius 1 is 1.33 bits per heavy atom. The third kappa shape index (κ3) is 2.08. The molecule has 1 aliphatic carbocycles. The molecule has 18 heavy (non-hydrogen) atoms. The summed E-state index contributed by atoms with van der Waals surface area (Å²) in [7, 11) is 0. The Morgan fingerprint density at radius 3 is 2.94 bits per heavy atom. The fourth-order valence-corrected chi connectivity index (χ4v) is 2.79. The van der Waals surface area contributed by atoms with E-state index in [-0.39, 0.29) is 6.61 Å². The second-order valence-electron chi connectivity index (χ2n) is 5.04. The number of nitrogens with one attached hydrogen (secondary N) is 2. The molecule has 1 aliphatic rings. The molecule has 96 valence electrons. The van der Waals surface area contributed by atoms with E-state index >= 15 is 0 Å². The van der Waals surface area contributed by atoms with Gasteiger partial charge < -0.3 is 15.4 Å². The van der Waals surface area contributed by atoms with Crippen LogP contribution in [0.4, 0.5) is 5.69 Å². The van der Waals surface area contributed by atoms with Crippen molar-refractivity contribution in [2.45, 2.75) is 44.8 Å². The van der Waals surface area contributed by atoms with Crippen molar-refractivity contribution >= 4 is 16.7 Å². The molecular weight excluding hydrogens is 226 g/mol. The molecule has 1 fully saturated rings. The van der Waals surface area contributed by atoms with E-state index in [1.807, 2.05) is 12.3 Å². The van der Waals surface area contributed by atoms with Crippen molar-refractivity contribution in [3.05, 3.63) is 24.0 Å². The van der Waals surface area contributed by atoms with Crippen molar-refractivity contribution in [2.75, 3.05) is 5.32 Å². The van der Waals surface area contributed by atoms with Crippen LogP contribution in [0.2, 0.25) is 0 Å². The summed E-state index contributed by atoms with van der Waals surface area (Å²) in [5.41, 5.74) is 2.81.